The number of hydrogen-bond acceptors (Lipinski definition) is 3. The lowest BCUT2D eigenvalue weighted by Gasteiger charge is -2.02. The average Bonchev–Trinajstić information content (AvgIpc) is 2.83. The predicted molar refractivity (Wildman–Crippen MR) is 69.0 cm³/mol. The van der Waals surface area contributed by atoms with Gasteiger partial charge in [0.1, 0.15) is 5.82 Å². The maximum atomic E-state index is 11.5. The number of aromatic nitrogens is 3. The number of carboxylic acid groups (broad SMARTS) is 1. The quantitative estimate of drug-likeness (QED) is 0.806. The molecule has 6 nitrogen and oxygen atoms in total. The molecular weight excluding hydrogens is 246 g/mol. The summed E-state index contributed by atoms with van der Waals surface area (Å²) >= 11 is 0. The number of pyridine rings is 1. The van der Waals surface area contributed by atoms with E-state index in [4.69, 9.17) is 5.11 Å². The molecule has 0 aliphatic carbocycles. The van der Waals surface area contributed by atoms with Crippen LogP contribution < -0.4 is 5.56 Å². The van der Waals surface area contributed by atoms with Gasteiger partial charge < -0.3 is 14.7 Å². The maximum absolute atomic E-state index is 11.5. The number of H-pyrrole nitrogens is 1. The molecule has 19 heavy (non-hydrogen) atoms. The minimum absolute atomic E-state index is 0.0415. The third-order valence-electron chi connectivity index (χ3n) is 2.78. The second kappa shape index (κ2) is 5.99. The zero-order valence-electron chi connectivity index (χ0n) is 10.4. The Hall–Kier alpha value is -2.37. The van der Waals surface area contributed by atoms with E-state index in [-0.39, 0.29) is 12.0 Å². The first-order valence-corrected chi connectivity index (χ1v) is 6.05. The third kappa shape index (κ3) is 3.80. The summed E-state index contributed by atoms with van der Waals surface area (Å²) in [7, 11) is 0. The minimum atomic E-state index is -0.827. The zero-order chi connectivity index (χ0) is 13.7. The fraction of sp³-hybridized carbons (Fsp3) is 0.308. The summed E-state index contributed by atoms with van der Waals surface area (Å²) < 4.78 is 1.61. The molecule has 0 amide bonds. The number of hydrogen-bond donors (Lipinski definition) is 2. The number of rotatable bonds is 6. The van der Waals surface area contributed by atoms with Crippen molar-refractivity contribution in [3.05, 3.63) is 52.5 Å². The van der Waals surface area contributed by atoms with Crippen molar-refractivity contribution in [3.63, 3.8) is 0 Å². The number of nitrogens with zero attached hydrogens (tertiary/aromatic N) is 2. The van der Waals surface area contributed by atoms with Gasteiger partial charge in [-0.3, -0.25) is 9.59 Å². The number of carbonyl (C=O) groups is 1. The highest BCUT2D eigenvalue weighted by Gasteiger charge is 2.04. The summed E-state index contributed by atoms with van der Waals surface area (Å²) in [5.74, 6) is -0.0665. The van der Waals surface area contributed by atoms with Gasteiger partial charge in [0.15, 0.2) is 0 Å². The molecule has 6 heteroatoms. The minimum Gasteiger partial charge on any atom is -0.481 e. The number of aliphatic carboxylic acids is 1. The first-order valence-electron chi connectivity index (χ1n) is 6.05. The van der Waals surface area contributed by atoms with Crippen molar-refractivity contribution in [1.29, 1.82) is 0 Å². The van der Waals surface area contributed by atoms with Crippen molar-refractivity contribution in [2.45, 2.75) is 25.8 Å². The van der Waals surface area contributed by atoms with E-state index in [1.807, 2.05) is 6.07 Å². The van der Waals surface area contributed by atoms with Crippen LogP contribution in [0.3, 0.4) is 0 Å². The number of aromatic amines is 1. The van der Waals surface area contributed by atoms with E-state index in [0.717, 1.165) is 11.5 Å². The lowest BCUT2D eigenvalue weighted by atomic mass is 10.2. The zero-order valence-corrected chi connectivity index (χ0v) is 10.4. The summed E-state index contributed by atoms with van der Waals surface area (Å²) in [6.07, 6.45) is 4.51. The lowest BCUT2D eigenvalue weighted by Crippen LogP contribution is -2.19. The van der Waals surface area contributed by atoms with Crippen LogP contribution in [0.15, 0.2) is 35.4 Å². The monoisotopic (exact) mass is 261 g/mol. The van der Waals surface area contributed by atoms with Crippen LogP contribution in [0.4, 0.5) is 0 Å². The molecule has 0 bridgehead atoms. The summed E-state index contributed by atoms with van der Waals surface area (Å²) in [5.41, 5.74) is 0.762. The van der Waals surface area contributed by atoms with Crippen molar-refractivity contribution < 1.29 is 9.90 Å². The Morgan fingerprint density at radius 3 is 2.95 bits per heavy atom. The fourth-order valence-corrected chi connectivity index (χ4v) is 1.77. The molecule has 2 rings (SSSR count). The van der Waals surface area contributed by atoms with E-state index in [0.29, 0.717) is 19.4 Å². The van der Waals surface area contributed by atoms with Crippen LogP contribution in [-0.2, 0) is 24.2 Å². The molecule has 2 heterocycles. The third-order valence-corrected chi connectivity index (χ3v) is 2.78. The standard InChI is InChI=1S/C13H15N3O3/c17-12-3-1-2-7-16(12)8-6-11-14-9-10(15-11)4-5-13(18)19/h1-3,7,9H,4-6,8H2,(H,14,15)(H,18,19). The average molecular weight is 261 g/mol. The van der Waals surface area contributed by atoms with E-state index in [1.54, 1.807) is 23.0 Å². The fourth-order valence-electron chi connectivity index (χ4n) is 1.77. The molecule has 0 aliphatic heterocycles. The number of carboxylic acids is 1. The van der Waals surface area contributed by atoms with Gasteiger partial charge in [-0.05, 0) is 12.5 Å². The number of nitrogens with one attached hydrogen (secondary N) is 1. The smallest absolute Gasteiger partial charge is 0.303 e. The second-order valence-electron chi connectivity index (χ2n) is 4.23. The van der Waals surface area contributed by atoms with E-state index in [9.17, 15) is 9.59 Å². The largest absolute Gasteiger partial charge is 0.481 e. The number of aryl methyl sites for hydroxylation is 3. The highest BCUT2D eigenvalue weighted by Crippen LogP contribution is 2.02. The normalized spacial score (nSPS) is 10.5. The molecule has 0 radical (unpaired) electrons. The van der Waals surface area contributed by atoms with Gasteiger partial charge in [-0.15, -0.1) is 0 Å². The van der Waals surface area contributed by atoms with Crippen molar-refractivity contribution in [2.75, 3.05) is 0 Å². The topological polar surface area (TPSA) is 88.0 Å². The van der Waals surface area contributed by atoms with Crippen molar-refractivity contribution in [3.8, 4) is 0 Å². The first-order chi connectivity index (χ1) is 9.15. The van der Waals surface area contributed by atoms with Crippen molar-refractivity contribution >= 4 is 5.97 Å². The lowest BCUT2D eigenvalue weighted by molar-refractivity contribution is -0.136. The van der Waals surface area contributed by atoms with Gasteiger partial charge in [-0.2, -0.15) is 0 Å². The summed E-state index contributed by atoms with van der Waals surface area (Å²) in [6.45, 7) is 0.547. The van der Waals surface area contributed by atoms with Crippen LogP contribution in [-0.4, -0.2) is 25.6 Å². The van der Waals surface area contributed by atoms with Gasteiger partial charge in [0.05, 0.1) is 6.42 Å². The van der Waals surface area contributed by atoms with E-state index >= 15 is 0 Å². The first kappa shape index (κ1) is 13.1. The molecule has 0 atom stereocenters. The Morgan fingerprint density at radius 1 is 1.37 bits per heavy atom. The SMILES string of the molecule is O=C(O)CCc1cnc(CCn2ccccc2=O)[nH]1. The number of imidazole rings is 1. The van der Waals surface area contributed by atoms with Gasteiger partial charge in [0, 0.05) is 37.1 Å². The highest BCUT2D eigenvalue weighted by atomic mass is 16.4. The van der Waals surface area contributed by atoms with E-state index < -0.39 is 5.97 Å². The Labute approximate surface area is 109 Å². The molecule has 2 N–H and O–H groups in total. The van der Waals surface area contributed by atoms with Gasteiger partial charge in [0.25, 0.3) is 5.56 Å². The van der Waals surface area contributed by atoms with Gasteiger partial charge >= 0.3 is 5.97 Å². The molecule has 2 aromatic heterocycles. The van der Waals surface area contributed by atoms with Crippen LogP contribution in [0.5, 0.6) is 0 Å². The predicted octanol–water partition coefficient (Wildman–Crippen LogP) is 0.831. The summed E-state index contributed by atoms with van der Waals surface area (Å²) in [6, 6.07) is 5.03. The van der Waals surface area contributed by atoms with Crippen LogP contribution >= 0.6 is 0 Å². The molecule has 0 fully saturated rings. The van der Waals surface area contributed by atoms with Crippen LogP contribution in [0.1, 0.15) is 17.9 Å². The van der Waals surface area contributed by atoms with Crippen molar-refractivity contribution in [2.24, 2.45) is 0 Å². The molecule has 0 unspecified atom stereocenters. The molecular formula is C13H15N3O3. The second-order valence-corrected chi connectivity index (χ2v) is 4.23. The molecule has 0 spiro atoms. The Kier molecular flexibility index (Phi) is 4.12. The van der Waals surface area contributed by atoms with Gasteiger partial charge in [-0.25, -0.2) is 4.98 Å². The maximum Gasteiger partial charge on any atom is 0.303 e. The summed E-state index contributed by atoms with van der Waals surface area (Å²) in [4.78, 5) is 29.2. The molecule has 0 saturated heterocycles. The molecule has 0 aromatic carbocycles. The Morgan fingerprint density at radius 2 is 2.21 bits per heavy atom. The van der Waals surface area contributed by atoms with E-state index in [1.165, 1.54) is 6.07 Å². The Bertz CT molecular complexity index is 615. The van der Waals surface area contributed by atoms with Crippen LogP contribution in [0.25, 0.3) is 0 Å². The van der Waals surface area contributed by atoms with Crippen LogP contribution in [0.2, 0.25) is 0 Å². The van der Waals surface area contributed by atoms with E-state index in [2.05, 4.69) is 9.97 Å². The molecule has 2 aromatic rings. The summed E-state index contributed by atoms with van der Waals surface area (Å²) in [5, 5.41) is 8.59. The highest BCUT2D eigenvalue weighted by molar-refractivity contribution is 5.66. The van der Waals surface area contributed by atoms with Gasteiger partial charge in [-0.1, -0.05) is 6.07 Å². The molecule has 0 aliphatic rings. The van der Waals surface area contributed by atoms with Gasteiger partial charge in [0.2, 0.25) is 0 Å². The molecule has 100 valence electrons. The Balaban J connectivity index is 1.92. The van der Waals surface area contributed by atoms with Crippen molar-refractivity contribution in [1.82, 2.24) is 14.5 Å². The van der Waals surface area contributed by atoms with Crippen LogP contribution in [0, 0.1) is 0 Å². The molecule has 0 saturated carbocycles.